The topological polar surface area (TPSA) is 8.17 Å². The maximum atomic E-state index is 2.45. The summed E-state index contributed by atoms with van der Waals surface area (Å²) in [5.74, 6) is 0. The molecular formula is C62H42N2. The highest BCUT2D eigenvalue weighted by Crippen LogP contribution is 2.45. The number of hydrogen-bond donors (Lipinski definition) is 0. The number of para-hydroxylation sites is 2. The summed E-state index contributed by atoms with van der Waals surface area (Å²) in [5, 5.41) is 7.43. The molecule has 0 N–H and O–H groups in total. The molecular weight excluding hydrogens is 773 g/mol. The first-order valence-corrected chi connectivity index (χ1v) is 22.0. The minimum Gasteiger partial charge on any atom is -0.310 e. The number of benzene rings is 11. The Morgan fingerprint density at radius 3 is 1.52 bits per heavy atom. The largest absolute Gasteiger partial charge is 0.310 e. The molecule has 1 aromatic heterocycles. The van der Waals surface area contributed by atoms with Crippen LogP contribution in [0.25, 0.3) is 93.5 Å². The Hall–Kier alpha value is -8.46. The van der Waals surface area contributed by atoms with Crippen LogP contribution in [0.15, 0.2) is 255 Å². The molecule has 0 saturated heterocycles. The van der Waals surface area contributed by atoms with Gasteiger partial charge in [0.2, 0.25) is 0 Å². The molecule has 1 heterocycles. The maximum absolute atomic E-state index is 2.45. The highest BCUT2D eigenvalue weighted by molar-refractivity contribution is 6.24. The van der Waals surface area contributed by atoms with E-state index in [2.05, 4.69) is 264 Å². The van der Waals surface area contributed by atoms with Gasteiger partial charge in [0.05, 0.1) is 11.0 Å². The van der Waals surface area contributed by atoms with Crippen molar-refractivity contribution < 1.29 is 0 Å². The average Bonchev–Trinajstić information content (AvgIpc) is 3.73. The van der Waals surface area contributed by atoms with Gasteiger partial charge in [-0.05, 0) is 133 Å². The van der Waals surface area contributed by atoms with Crippen LogP contribution in [-0.2, 0) is 0 Å². The average molecular weight is 815 g/mol. The summed E-state index contributed by atoms with van der Waals surface area (Å²) >= 11 is 0. The summed E-state index contributed by atoms with van der Waals surface area (Å²) in [6.45, 7) is 0. The molecule has 0 radical (unpaired) electrons. The number of aromatic nitrogens is 1. The Morgan fingerprint density at radius 1 is 0.281 bits per heavy atom. The highest BCUT2D eigenvalue weighted by Gasteiger charge is 2.21. The first kappa shape index (κ1) is 37.3. The zero-order valence-corrected chi connectivity index (χ0v) is 35.1. The first-order chi connectivity index (χ1) is 31.7. The van der Waals surface area contributed by atoms with E-state index in [1.165, 1.54) is 82.3 Å². The molecule has 0 atom stereocenters. The van der Waals surface area contributed by atoms with Gasteiger partial charge < -0.3 is 9.47 Å². The van der Waals surface area contributed by atoms with Crippen LogP contribution in [0.5, 0.6) is 0 Å². The Bertz CT molecular complexity index is 3640. The molecule has 11 aromatic carbocycles. The van der Waals surface area contributed by atoms with Crippen molar-refractivity contribution in [2.75, 3.05) is 4.90 Å². The van der Waals surface area contributed by atoms with Gasteiger partial charge in [-0.1, -0.05) is 182 Å². The zero-order valence-electron chi connectivity index (χ0n) is 35.1. The van der Waals surface area contributed by atoms with Crippen LogP contribution < -0.4 is 4.90 Å². The summed E-state index contributed by atoms with van der Waals surface area (Å²) < 4.78 is 2.45. The molecule has 12 rings (SSSR count). The van der Waals surface area contributed by atoms with E-state index in [9.17, 15) is 0 Å². The van der Waals surface area contributed by atoms with E-state index in [0.717, 1.165) is 28.3 Å². The van der Waals surface area contributed by atoms with Crippen LogP contribution in [0.2, 0.25) is 0 Å². The van der Waals surface area contributed by atoms with Gasteiger partial charge in [-0.2, -0.15) is 0 Å². The minimum absolute atomic E-state index is 1.09. The van der Waals surface area contributed by atoms with E-state index in [1.807, 2.05) is 0 Å². The lowest BCUT2D eigenvalue weighted by atomic mass is 9.94. The maximum Gasteiger partial charge on any atom is 0.0625 e. The second-order valence-electron chi connectivity index (χ2n) is 16.5. The summed E-state index contributed by atoms with van der Waals surface area (Å²) in [7, 11) is 0. The van der Waals surface area contributed by atoms with Gasteiger partial charge in [0.15, 0.2) is 0 Å². The van der Waals surface area contributed by atoms with Crippen molar-refractivity contribution in [2.45, 2.75) is 0 Å². The van der Waals surface area contributed by atoms with Gasteiger partial charge in [0.1, 0.15) is 0 Å². The van der Waals surface area contributed by atoms with Gasteiger partial charge in [0.25, 0.3) is 0 Å². The van der Waals surface area contributed by atoms with Gasteiger partial charge in [0, 0.05) is 38.9 Å². The van der Waals surface area contributed by atoms with Crippen molar-refractivity contribution in [1.82, 2.24) is 4.57 Å². The molecule has 12 aromatic rings. The summed E-state index contributed by atoms with van der Waals surface area (Å²) in [6.07, 6.45) is 0. The minimum atomic E-state index is 1.09. The molecule has 2 heteroatoms. The van der Waals surface area contributed by atoms with E-state index in [4.69, 9.17) is 0 Å². The molecule has 0 fully saturated rings. The second-order valence-corrected chi connectivity index (χ2v) is 16.5. The SMILES string of the molecule is c1ccc(-c2cccc(-c3ccc(N(c4ccc(-c5ccc6ccccc6c5)cc4)c4cccc(-c5cc6ccccc6c6c5c5ccccc5n6-c5ccccc5)c4)cc3)c2)cc1. The normalized spacial score (nSPS) is 11.4. The van der Waals surface area contributed by atoms with Crippen molar-refractivity contribution in [3.05, 3.63) is 255 Å². The lowest BCUT2D eigenvalue weighted by Gasteiger charge is -2.26. The fraction of sp³-hybridized carbons (Fsp3) is 0. The van der Waals surface area contributed by atoms with Gasteiger partial charge in [-0.15, -0.1) is 0 Å². The van der Waals surface area contributed by atoms with E-state index in [-0.39, 0.29) is 0 Å². The van der Waals surface area contributed by atoms with Crippen LogP contribution in [0.4, 0.5) is 17.1 Å². The highest BCUT2D eigenvalue weighted by atomic mass is 15.1. The Labute approximate surface area is 373 Å². The Morgan fingerprint density at radius 2 is 0.797 bits per heavy atom. The summed E-state index contributed by atoms with van der Waals surface area (Å²) in [5.41, 5.74) is 16.4. The number of anilines is 3. The summed E-state index contributed by atoms with van der Waals surface area (Å²) in [4.78, 5) is 2.39. The fourth-order valence-corrected chi connectivity index (χ4v) is 9.65. The number of nitrogens with zero attached hydrogens (tertiary/aromatic N) is 2. The van der Waals surface area contributed by atoms with Crippen molar-refractivity contribution in [1.29, 1.82) is 0 Å². The molecule has 0 bridgehead atoms. The second kappa shape index (κ2) is 15.8. The van der Waals surface area contributed by atoms with Crippen LogP contribution >= 0.6 is 0 Å². The van der Waals surface area contributed by atoms with Crippen LogP contribution in [0, 0.1) is 0 Å². The third-order valence-electron chi connectivity index (χ3n) is 12.7. The van der Waals surface area contributed by atoms with Crippen molar-refractivity contribution in [3.8, 4) is 50.2 Å². The van der Waals surface area contributed by atoms with Crippen LogP contribution in [0.3, 0.4) is 0 Å². The predicted octanol–water partition coefficient (Wildman–Crippen LogP) is 17.2. The van der Waals surface area contributed by atoms with Crippen molar-refractivity contribution in [2.24, 2.45) is 0 Å². The van der Waals surface area contributed by atoms with E-state index >= 15 is 0 Å². The molecule has 64 heavy (non-hydrogen) atoms. The molecule has 0 aliphatic heterocycles. The van der Waals surface area contributed by atoms with Crippen LogP contribution in [0.1, 0.15) is 0 Å². The van der Waals surface area contributed by atoms with E-state index in [1.54, 1.807) is 0 Å². The molecule has 0 amide bonds. The fourth-order valence-electron chi connectivity index (χ4n) is 9.65. The number of fused-ring (bicyclic) bond motifs is 6. The summed E-state index contributed by atoms with van der Waals surface area (Å²) in [6, 6.07) is 92.7. The zero-order chi connectivity index (χ0) is 42.4. The Balaban J connectivity index is 1.01. The lowest BCUT2D eigenvalue weighted by molar-refractivity contribution is 1.19. The van der Waals surface area contributed by atoms with E-state index in [0.29, 0.717) is 0 Å². The van der Waals surface area contributed by atoms with Crippen molar-refractivity contribution >= 4 is 60.4 Å². The standard InChI is InChI=1S/C62H42N2/c1-3-15-43(16-4-1)48-20-13-21-49(39-48)45-31-35-54(36-32-45)63(55-37-33-46(34-38-55)50-30-29-44-17-7-8-18-47(44)40-50)56-25-14-22-51(41-56)59-42-52-19-9-10-26-57(52)62-61(59)58-27-11-12-28-60(58)64(62)53-23-5-2-6-24-53/h1-42H. The molecule has 0 spiro atoms. The molecule has 0 aliphatic rings. The van der Waals surface area contributed by atoms with Gasteiger partial charge in [-0.3, -0.25) is 0 Å². The number of hydrogen-bond acceptors (Lipinski definition) is 1. The van der Waals surface area contributed by atoms with Crippen LogP contribution in [-0.4, -0.2) is 4.57 Å². The first-order valence-electron chi connectivity index (χ1n) is 22.0. The monoisotopic (exact) mass is 814 g/mol. The third kappa shape index (κ3) is 6.61. The predicted molar refractivity (Wildman–Crippen MR) is 272 cm³/mol. The smallest absolute Gasteiger partial charge is 0.0625 e. The van der Waals surface area contributed by atoms with Gasteiger partial charge >= 0.3 is 0 Å². The lowest BCUT2D eigenvalue weighted by Crippen LogP contribution is -2.10. The molecule has 0 aliphatic carbocycles. The van der Waals surface area contributed by atoms with Crippen molar-refractivity contribution in [3.63, 3.8) is 0 Å². The van der Waals surface area contributed by atoms with E-state index < -0.39 is 0 Å². The quantitative estimate of drug-likeness (QED) is 0.148. The molecule has 0 unspecified atom stereocenters. The molecule has 300 valence electrons. The Kier molecular flexibility index (Phi) is 9.20. The molecule has 2 nitrogen and oxygen atoms in total. The number of rotatable bonds is 8. The van der Waals surface area contributed by atoms with Gasteiger partial charge in [-0.25, -0.2) is 0 Å². The third-order valence-corrected chi connectivity index (χ3v) is 12.7. The molecule has 0 saturated carbocycles.